The summed E-state index contributed by atoms with van der Waals surface area (Å²) in [7, 11) is 0. The van der Waals surface area contributed by atoms with Gasteiger partial charge in [0.2, 0.25) is 11.8 Å². The number of carboxylic acid groups (broad SMARTS) is 1. The first-order valence-electron chi connectivity index (χ1n) is 12.4. The van der Waals surface area contributed by atoms with Crippen molar-refractivity contribution in [1.29, 1.82) is 0 Å². The molecular formula is C26H36N2O6. The van der Waals surface area contributed by atoms with Crippen molar-refractivity contribution in [3.8, 4) is 5.75 Å². The number of fused-ring (bicyclic) bond motifs is 4. The zero-order chi connectivity index (χ0) is 24.3. The van der Waals surface area contributed by atoms with E-state index >= 15 is 0 Å². The molecule has 0 spiro atoms. The number of nitrogens with one attached hydrogen (secondary N) is 1. The number of hydrogen-bond acceptors (Lipinski definition) is 5. The molecule has 1 aromatic rings. The van der Waals surface area contributed by atoms with Gasteiger partial charge in [-0.05, 0) is 50.3 Å². The molecule has 0 radical (unpaired) electrons. The van der Waals surface area contributed by atoms with Gasteiger partial charge in [-0.15, -0.1) is 0 Å². The highest BCUT2D eigenvalue weighted by Crippen LogP contribution is 2.32. The van der Waals surface area contributed by atoms with Gasteiger partial charge in [0.1, 0.15) is 17.8 Å². The first kappa shape index (κ1) is 24.5. The standard InChI is InChI=1S/C26H36N2O6/c1-26(2)11-12-33-19-10-6-7-17(13-19)14-22(29)27-23(18-8-4-3-5-9-18)24(30)28-16-20(34-26)15-21(28)25(31)32/h6-7,10,13,18,20-21,23H,3-5,8-9,11-12,14-16H2,1-2H3,(H,27,29)(H,31,32)/t20-,21+,23+/m1/s1. The summed E-state index contributed by atoms with van der Waals surface area (Å²) in [5.41, 5.74) is 0.260. The second kappa shape index (κ2) is 10.3. The van der Waals surface area contributed by atoms with E-state index in [4.69, 9.17) is 9.47 Å². The summed E-state index contributed by atoms with van der Waals surface area (Å²) in [6, 6.07) is 5.75. The second-order valence-electron chi connectivity index (χ2n) is 10.4. The molecule has 1 saturated heterocycles. The lowest BCUT2D eigenvalue weighted by Crippen LogP contribution is -2.55. The van der Waals surface area contributed by atoms with E-state index in [2.05, 4.69) is 5.32 Å². The van der Waals surface area contributed by atoms with Gasteiger partial charge in [0, 0.05) is 19.4 Å². The molecule has 3 aliphatic rings. The van der Waals surface area contributed by atoms with Gasteiger partial charge in [-0.3, -0.25) is 9.59 Å². The summed E-state index contributed by atoms with van der Waals surface area (Å²) in [6.45, 7) is 4.55. The normalized spacial score (nSPS) is 28.8. The fourth-order valence-corrected chi connectivity index (χ4v) is 5.47. The van der Waals surface area contributed by atoms with Crippen LogP contribution in [0, 0.1) is 5.92 Å². The summed E-state index contributed by atoms with van der Waals surface area (Å²) >= 11 is 0. The van der Waals surface area contributed by atoms with Gasteiger partial charge in [-0.1, -0.05) is 31.4 Å². The molecule has 0 unspecified atom stereocenters. The Hall–Kier alpha value is -2.61. The topological polar surface area (TPSA) is 105 Å². The first-order valence-corrected chi connectivity index (χ1v) is 12.4. The highest BCUT2D eigenvalue weighted by Gasteiger charge is 2.45. The highest BCUT2D eigenvalue weighted by molar-refractivity contribution is 5.91. The van der Waals surface area contributed by atoms with Crippen LogP contribution in [0.2, 0.25) is 0 Å². The van der Waals surface area contributed by atoms with E-state index < -0.39 is 23.7 Å². The fraction of sp³-hybridized carbons (Fsp3) is 0.654. The first-order chi connectivity index (χ1) is 16.2. The van der Waals surface area contributed by atoms with E-state index in [1.54, 1.807) is 0 Å². The van der Waals surface area contributed by atoms with Gasteiger partial charge in [0.05, 0.1) is 24.7 Å². The van der Waals surface area contributed by atoms with Gasteiger partial charge in [-0.25, -0.2) is 4.79 Å². The Morgan fingerprint density at radius 1 is 1.18 bits per heavy atom. The predicted molar refractivity (Wildman–Crippen MR) is 125 cm³/mol. The lowest BCUT2D eigenvalue weighted by molar-refractivity contribution is -0.150. The average Bonchev–Trinajstić information content (AvgIpc) is 3.20. The Bertz CT molecular complexity index is 910. The molecule has 8 nitrogen and oxygen atoms in total. The number of aliphatic carboxylic acids is 1. The third-order valence-corrected chi connectivity index (χ3v) is 7.26. The molecule has 2 N–H and O–H groups in total. The summed E-state index contributed by atoms with van der Waals surface area (Å²) in [4.78, 5) is 40.3. The van der Waals surface area contributed by atoms with Crippen LogP contribution < -0.4 is 10.1 Å². The molecule has 2 aliphatic heterocycles. The Morgan fingerprint density at radius 2 is 1.94 bits per heavy atom. The highest BCUT2D eigenvalue weighted by atomic mass is 16.5. The molecule has 4 bridgehead atoms. The van der Waals surface area contributed by atoms with E-state index in [1.165, 1.54) is 4.90 Å². The van der Waals surface area contributed by atoms with Crippen LogP contribution in [0.1, 0.15) is 64.4 Å². The molecule has 186 valence electrons. The molecule has 4 rings (SSSR count). The van der Waals surface area contributed by atoms with Crippen LogP contribution in [0.4, 0.5) is 0 Å². The van der Waals surface area contributed by atoms with Crippen molar-refractivity contribution in [2.45, 2.75) is 89.0 Å². The van der Waals surface area contributed by atoms with E-state index in [0.717, 1.165) is 37.7 Å². The zero-order valence-corrected chi connectivity index (χ0v) is 20.1. The largest absolute Gasteiger partial charge is 0.493 e. The third kappa shape index (κ3) is 5.90. The fourth-order valence-electron chi connectivity index (χ4n) is 5.47. The van der Waals surface area contributed by atoms with Gasteiger partial charge < -0.3 is 24.8 Å². The van der Waals surface area contributed by atoms with Crippen molar-refractivity contribution in [1.82, 2.24) is 10.2 Å². The second-order valence-corrected chi connectivity index (χ2v) is 10.4. The van der Waals surface area contributed by atoms with Crippen molar-refractivity contribution >= 4 is 17.8 Å². The average molecular weight is 473 g/mol. The number of benzene rings is 1. The number of nitrogens with zero attached hydrogens (tertiary/aromatic N) is 1. The van der Waals surface area contributed by atoms with E-state index in [1.807, 2.05) is 38.1 Å². The summed E-state index contributed by atoms with van der Waals surface area (Å²) in [5.74, 6) is -0.896. The van der Waals surface area contributed by atoms with Crippen LogP contribution in [0.5, 0.6) is 5.75 Å². The Morgan fingerprint density at radius 3 is 2.68 bits per heavy atom. The smallest absolute Gasteiger partial charge is 0.326 e. The molecule has 1 aromatic carbocycles. The van der Waals surface area contributed by atoms with Crippen LogP contribution in [-0.2, 0) is 25.5 Å². The molecule has 1 saturated carbocycles. The van der Waals surface area contributed by atoms with Crippen LogP contribution in [-0.4, -0.2) is 64.7 Å². The lowest BCUT2D eigenvalue weighted by atomic mass is 9.83. The maximum absolute atomic E-state index is 13.8. The number of carboxylic acids is 1. The molecule has 0 aromatic heterocycles. The minimum Gasteiger partial charge on any atom is -0.493 e. The lowest BCUT2D eigenvalue weighted by Gasteiger charge is -2.34. The van der Waals surface area contributed by atoms with Crippen molar-refractivity contribution in [2.75, 3.05) is 13.2 Å². The number of carbonyl (C=O) groups is 3. The maximum Gasteiger partial charge on any atom is 0.326 e. The maximum atomic E-state index is 13.8. The van der Waals surface area contributed by atoms with Gasteiger partial charge in [-0.2, -0.15) is 0 Å². The summed E-state index contributed by atoms with van der Waals surface area (Å²) in [6.07, 6.45) is 5.40. The molecule has 2 amide bonds. The number of hydrogen-bond donors (Lipinski definition) is 2. The Kier molecular flexibility index (Phi) is 7.45. The van der Waals surface area contributed by atoms with E-state index in [0.29, 0.717) is 18.8 Å². The van der Waals surface area contributed by atoms with Gasteiger partial charge in [0.25, 0.3) is 0 Å². The molecule has 34 heavy (non-hydrogen) atoms. The van der Waals surface area contributed by atoms with E-state index in [-0.39, 0.29) is 43.2 Å². The Balaban J connectivity index is 1.65. The molecule has 2 heterocycles. The van der Waals surface area contributed by atoms with E-state index in [9.17, 15) is 19.5 Å². The zero-order valence-electron chi connectivity index (χ0n) is 20.1. The van der Waals surface area contributed by atoms with Crippen molar-refractivity contribution in [2.24, 2.45) is 5.92 Å². The minimum atomic E-state index is -1.04. The van der Waals surface area contributed by atoms with Crippen molar-refractivity contribution in [3.05, 3.63) is 29.8 Å². The Labute approximate surface area is 201 Å². The quantitative estimate of drug-likeness (QED) is 0.686. The number of rotatable bonds is 2. The number of carbonyl (C=O) groups excluding carboxylic acids is 2. The van der Waals surface area contributed by atoms with Gasteiger partial charge in [0.15, 0.2) is 0 Å². The monoisotopic (exact) mass is 472 g/mol. The molecule has 3 atom stereocenters. The van der Waals surface area contributed by atoms with Gasteiger partial charge >= 0.3 is 5.97 Å². The molecule has 8 heteroatoms. The van der Waals surface area contributed by atoms with Crippen LogP contribution in [0.3, 0.4) is 0 Å². The van der Waals surface area contributed by atoms with Crippen molar-refractivity contribution < 1.29 is 29.0 Å². The third-order valence-electron chi connectivity index (χ3n) is 7.26. The predicted octanol–water partition coefficient (Wildman–Crippen LogP) is 2.93. The molecule has 2 fully saturated rings. The SMILES string of the molecule is CC1(C)CCOc2cccc(c2)CC(=O)N[C@@H](C2CCCCC2)C(=O)N2C[C@@H](C[C@H]2C(=O)O)O1. The van der Waals surface area contributed by atoms with Crippen molar-refractivity contribution in [3.63, 3.8) is 0 Å². The number of ether oxygens (including phenoxy) is 2. The molecule has 1 aliphatic carbocycles. The molecular weight excluding hydrogens is 436 g/mol. The number of amides is 2. The summed E-state index contributed by atoms with van der Waals surface area (Å²) in [5, 5.41) is 12.9. The van der Waals surface area contributed by atoms with Crippen LogP contribution in [0.15, 0.2) is 24.3 Å². The van der Waals surface area contributed by atoms with Crippen LogP contribution in [0.25, 0.3) is 0 Å². The van der Waals surface area contributed by atoms with Crippen LogP contribution >= 0.6 is 0 Å². The summed E-state index contributed by atoms with van der Waals surface area (Å²) < 4.78 is 12.2. The minimum absolute atomic E-state index is 0.00426.